The van der Waals surface area contributed by atoms with Crippen molar-refractivity contribution in [1.29, 1.82) is 5.26 Å². The molecular weight excluding hydrogens is 258 g/mol. The lowest BCUT2D eigenvalue weighted by Crippen LogP contribution is -2.44. The molecule has 0 saturated carbocycles. The third-order valence-electron chi connectivity index (χ3n) is 3.28. The zero-order chi connectivity index (χ0) is 14.7. The molecule has 6 heteroatoms. The van der Waals surface area contributed by atoms with Gasteiger partial charge in [0.1, 0.15) is 11.9 Å². The van der Waals surface area contributed by atoms with Crippen molar-refractivity contribution in [3.8, 4) is 6.07 Å². The lowest BCUT2D eigenvalue weighted by Gasteiger charge is -2.34. The number of ether oxygens (including phenoxy) is 1. The summed E-state index contributed by atoms with van der Waals surface area (Å²) < 4.78 is 5.44. The van der Waals surface area contributed by atoms with Crippen LogP contribution in [-0.2, 0) is 9.53 Å². The Morgan fingerprint density at radius 2 is 2.40 bits per heavy atom. The predicted octanol–water partition coefficient (Wildman–Crippen LogP) is 1.25. The van der Waals surface area contributed by atoms with Crippen LogP contribution in [0.3, 0.4) is 0 Å². The van der Waals surface area contributed by atoms with Crippen molar-refractivity contribution < 1.29 is 14.6 Å². The standard InChI is InChI=1S/C14H17N3O3/c1-9-5-10(2)16-14(12(9)7-15)17-3-4-20-11(8-17)6-13(18)19/h5,11H,3-4,6,8H2,1-2H3,(H,18,19). The number of rotatable bonds is 3. The van der Waals surface area contributed by atoms with Crippen LogP contribution < -0.4 is 4.90 Å². The van der Waals surface area contributed by atoms with E-state index in [0.717, 1.165) is 11.3 Å². The van der Waals surface area contributed by atoms with Crippen molar-refractivity contribution in [2.24, 2.45) is 0 Å². The second kappa shape index (κ2) is 5.88. The van der Waals surface area contributed by atoms with E-state index in [9.17, 15) is 10.1 Å². The van der Waals surface area contributed by atoms with Crippen molar-refractivity contribution in [3.05, 3.63) is 22.9 Å². The van der Waals surface area contributed by atoms with Gasteiger partial charge in [0.15, 0.2) is 0 Å². The number of pyridine rings is 1. The molecule has 1 aliphatic heterocycles. The molecule has 20 heavy (non-hydrogen) atoms. The second-order valence-corrected chi connectivity index (χ2v) is 4.93. The Morgan fingerprint density at radius 1 is 1.65 bits per heavy atom. The summed E-state index contributed by atoms with van der Waals surface area (Å²) in [5.41, 5.74) is 2.28. The molecular formula is C14H17N3O3. The molecule has 0 bridgehead atoms. The number of carboxylic acid groups (broad SMARTS) is 1. The maximum Gasteiger partial charge on any atom is 0.306 e. The highest BCUT2D eigenvalue weighted by atomic mass is 16.5. The molecule has 1 fully saturated rings. The van der Waals surface area contributed by atoms with Crippen molar-refractivity contribution in [3.63, 3.8) is 0 Å². The smallest absolute Gasteiger partial charge is 0.306 e. The molecule has 1 aliphatic rings. The average Bonchev–Trinajstić information content (AvgIpc) is 2.37. The lowest BCUT2D eigenvalue weighted by molar-refractivity contribution is -0.140. The van der Waals surface area contributed by atoms with Crippen LogP contribution in [0.5, 0.6) is 0 Å². The molecule has 1 atom stereocenters. The third kappa shape index (κ3) is 3.06. The summed E-state index contributed by atoms with van der Waals surface area (Å²) >= 11 is 0. The highest BCUT2D eigenvalue weighted by molar-refractivity contribution is 5.67. The molecule has 1 aromatic rings. The number of aliphatic carboxylic acids is 1. The first-order valence-corrected chi connectivity index (χ1v) is 6.48. The van der Waals surface area contributed by atoms with E-state index in [1.807, 2.05) is 24.8 Å². The Hall–Kier alpha value is -2.13. The van der Waals surface area contributed by atoms with E-state index < -0.39 is 5.97 Å². The highest BCUT2D eigenvalue weighted by Crippen LogP contribution is 2.24. The summed E-state index contributed by atoms with van der Waals surface area (Å²) in [5.74, 6) is -0.255. The van der Waals surface area contributed by atoms with Gasteiger partial charge in [-0.1, -0.05) is 0 Å². The maximum absolute atomic E-state index is 10.8. The van der Waals surface area contributed by atoms with Crippen LogP contribution in [0.15, 0.2) is 6.07 Å². The fourth-order valence-electron chi connectivity index (χ4n) is 2.41. The van der Waals surface area contributed by atoms with Crippen LogP contribution in [0, 0.1) is 25.2 Å². The molecule has 106 valence electrons. The minimum atomic E-state index is -0.884. The number of morpholine rings is 1. The molecule has 0 spiro atoms. The monoisotopic (exact) mass is 275 g/mol. The van der Waals surface area contributed by atoms with Gasteiger partial charge in [0.05, 0.1) is 24.7 Å². The SMILES string of the molecule is Cc1cc(C)c(C#N)c(N2CCOC(CC(=O)O)C2)n1. The topological polar surface area (TPSA) is 86.5 Å². The Morgan fingerprint density at radius 3 is 3.05 bits per heavy atom. The minimum Gasteiger partial charge on any atom is -0.481 e. The molecule has 0 aliphatic carbocycles. The molecule has 2 rings (SSSR count). The van der Waals surface area contributed by atoms with Crippen LogP contribution in [0.4, 0.5) is 5.82 Å². The number of nitriles is 1. The Labute approximate surface area is 117 Å². The maximum atomic E-state index is 10.8. The van der Waals surface area contributed by atoms with Crippen molar-refractivity contribution >= 4 is 11.8 Å². The number of aryl methyl sites for hydroxylation is 2. The number of hydrogen-bond acceptors (Lipinski definition) is 5. The van der Waals surface area contributed by atoms with Gasteiger partial charge in [0.25, 0.3) is 0 Å². The fourth-order valence-corrected chi connectivity index (χ4v) is 2.41. The highest BCUT2D eigenvalue weighted by Gasteiger charge is 2.25. The fraction of sp³-hybridized carbons (Fsp3) is 0.500. The summed E-state index contributed by atoms with van der Waals surface area (Å²) in [6, 6.07) is 4.05. The normalized spacial score (nSPS) is 18.6. The Balaban J connectivity index is 2.27. The van der Waals surface area contributed by atoms with Gasteiger partial charge in [-0.3, -0.25) is 4.79 Å². The summed E-state index contributed by atoms with van der Waals surface area (Å²) in [4.78, 5) is 17.2. The largest absolute Gasteiger partial charge is 0.481 e. The van der Waals surface area contributed by atoms with Crippen LogP contribution in [0.25, 0.3) is 0 Å². The van der Waals surface area contributed by atoms with E-state index in [1.165, 1.54) is 0 Å². The minimum absolute atomic E-state index is 0.0385. The van der Waals surface area contributed by atoms with Crippen molar-refractivity contribution in [1.82, 2.24) is 4.98 Å². The van der Waals surface area contributed by atoms with Crippen LogP contribution in [0.2, 0.25) is 0 Å². The van der Waals surface area contributed by atoms with Crippen LogP contribution in [-0.4, -0.2) is 41.9 Å². The van der Waals surface area contributed by atoms with Gasteiger partial charge in [-0.2, -0.15) is 5.26 Å². The zero-order valence-corrected chi connectivity index (χ0v) is 11.6. The first kappa shape index (κ1) is 14.3. The van der Waals surface area contributed by atoms with Gasteiger partial charge in [0, 0.05) is 18.8 Å². The van der Waals surface area contributed by atoms with Gasteiger partial charge < -0.3 is 14.7 Å². The van der Waals surface area contributed by atoms with E-state index in [4.69, 9.17) is 9.84 Å². The summed E-state index contributed by atoms with van der Waals surface area (Å²) in [5, 5.41) is 18.1. The van der Waals surface area contributed by atoms with Crippen LogP contribution >= 0.6 is 0 Å². The molecule has 1 unspecified atom stereocenters. The number of carbonyl (C=O) groups is 1. The van der Waals surface area contributed by atoms with Crippen molar-refractivity contribution in [2.75, 3.05) is 24.6 Å². The Bertz CT molecular complexity index is 566. The average molecular weight is 275 g/mol. The zero-order valence-electron chi connectivity index (χ0n) is 11.6. The molecule has 0 radical (unpaired) electrons. The summed E-state index contributed by atoms with van der Waals surface area (Å²) in [7, 11) is 0. The summed E-state index contributed by atoms with van der Waals surface area (Å²) in [6.45, 7) is 5.26. The van der Waals surface area contributed by atoms with Gasteiger partial charge in [-0.15, -0.1) is 0 Å². The van der Waals surface area contributed by atoms with E-state index in [0.29, 0.717) is 31.1 Å². The number of aromatic nitrogens is 1. The molecule has 0 amide bonds. The van der Waals surface area contributed by atoms with Crippen LogP contribution in [0.1, 0.15) is 23.2 Å². The number of carboxylic acids is 1. The number of hydrogen-bond donors (Lipinski definition) is 1. The number of anilines is 1. The van der Waals surface area contributed by atoms with Gasteiger partial charge in [-0.05, 0) is 25.5 Å². The quantitative estimate of drug-likeness (QED) is 0.893. The number of nitrogens with zero attached hydrogens (tertiary/aromatic N) is 3. The van der Waals surface area contributed by atoms with E-state index in [1.54, 1.807) is 0 Å². The first-order valence-electron chi connectivity index (χ1n) is 6.48. The second-order valence-electron chi connectivity index (χ2n) is 4.93. The van der Waals surface area contributed by atoms with Gasteiger partial charge in [0.2, 0.25) is 0 Å². The molecule has 1 saturated heterocycles. The molecule has 1 N–H and O–H groups in total. The predicted molar refractivity (Wildman–Crippen MR) is 72.6 cm³/mol. The van der Waals surface area contributed by atoms with Crippen molar-refractivity contribution in [2.45, 2.75) is 26.4 Å². The summed E-state index contributed by atoms with van der Waals surface area (Å²) in [6.07, 6.45) is -0.404. The third-order valence-corrected chi connectivity index (χ3v) is 3.28. The Kier molecular flexibility index (Phi) is 4.20. The molecule has 6 nitrogen and oxygen atoms in total. The van der Waals surface area contributed by atoms with E-state index in [2.05, 4.69) is 11.1 Å². The molecule has 2 heterocycles. The lowest BCUT2D eigenvalue weighted by atomic mass is 10.1. The molecule has 0 aromatic carbocycles. The molecule has 1 aromatic heterocycles. The van der Waals surface area contributed by atoms with Gasteiger partial charge in [-0.25, -0.2) is 4.98 Å². The first-order chi connectivity index (χ1) is 9.51. The van der Waals surface area contributed by atoms with Gasteiger partial charge >= 0.3 is 5.97 Å². The van der Waals surface area contributed by atoms with E-state index >= 15 is 0 Å². The van der Waals surface area contributed by atoms with E-state index in [-0.39, 0.29) is 12.5 Å².